The van der Waals surface area contributed by atoms with Gasteiger partial charge in [0.1, 0.15) is 0 Å². The molecule has 0 aromatic rings. The first-order chi connectivity index (χ1) is 5.94. The second-order valence-electron chi connectivity index (χ2n) is 5.46. The van der Waals surface area contributed by atoms with E-state index in [0.717, 1.165) is 12.3 Å². The minimum Gasteiger partial charge on any atom is -0.393 e. The lowest BCUT2D eigenvalue weighted by Gasteiger charge is -2.60. The molecule has 3 aliphatic rings. The van der Waals surface area contributed by atoms with Crippen LogP contribution >= 0.6 is 0 Å². The molecule has 0 heterocycles. The van der Waals surface area contributed by atoms with Crippen LogP contribution in [-0.2, 0) is 0 Å². The van der Waals surface area contributed by atoms with Gasteiger partial charge in [0.25, 0.3) is 0 Å². The molecule has 0 unspecified atom stereocenters. The average Bonchev–Trinajstić information content (AvgIpc) is 2.02. The first-order valence-corrected chi connectivity index (χ1v) is 5.31. The van der Waals surface area contributed by atoms with Crippen LogP contribution in [0.25, 0.3) is 0 Å². The maximum atomic E-state index is 9.60. The summed E-state index contributed by atoms with van der Waals surface area (Å²) < 4.78 is 0. The lowest BCUT2D eigenvalue weighted by atomic mass is 9.45. The Kier molecular flexibility index (Phi) is 1.85. The molecule has 0 aromatic heterocycles. The molecule has 0 aromatic carbocycles. The maximum absolute atomic E-state index is 9.60. The molecule has 1 N–H and O–H groups in total. The van der Waals surface area contributed by atoms with Crippen LogP contribution in [0.1, 0.15) is 33.6 Å². The SMILES string of the molecule is C=C1[C@@H]([C@H](C)O)C[C@H]2C[C@@H]1C2(C)C. The Hall–Kier alpha value is -0.300. The fourth-order valence-corrected chi connectivity index (χ4v) is 3.27. The van der Waals surface area contributed by atoms with Crippen molar-refractivity contribution in [3.05, 3.63) is 12.2 Å². The number of aliphatic hydroxyl groups excluding tert-OH is 1. The van der Waals surface area contributed by atoms with Gasteiger partial charge in [-0.2, -0.15) is 0 Å². The monoisotopic (exact) mass is 180 g/mol. The predicted molar refractivity (Wildman–Crippen MR) is 54.3 cm³/mol. The van der Waals surface area contributed by atoms with Crippen molar-refractivity contribution in [1.29, 1.82) is 0 Å². The van der Waals surface area contributed by atoms with Crippen molar-refractivity contribution >= 4 is 0 Å². The van der Waals surface area contributed by atoms with Gasteiger partial charge in [0.15, 0.2) is 0 Å². The van der Waals surface area contributed by atoms with Gasteiger partial charge in [0, 0.05) is 5.92 Å². The van der Waals surface area contributed by atoms with Crippen LogP contribution in [0.5, 0.6) is 0 Å². The summed E-state index contributed by atoms with van der Waals surface area (Å²) in [5.74, 6) is 1.87. The second kappa shape index (κ2) is 2.60. The zero-order valence-corrected chi connectivity index (χ0v) is 8.88. The van der Waals surface area contributed by atoms with Gasteiger partial charge in [0.05, 0.1) is 6.10 Å². The summed E-state index contributed by atoms with van der Waals surface area (Å²) in [6.07, 6.45) is 2.27. The third-order valence-corrected chi connectivity index (χ3v) is 4.52. The molecule has 0 aliphatic heterocycles. The van der Waals surface area contributed by atoms with Gasteiger partial charge in [0.2, 0.25) is 0 Å². The molecule has 3 fully saturated rings. The molecule has 0 radical (unpaired) electrons. The molecule has 0 spiro atoms. The van der Waals surface area contributed by atoms with Crippen molar-refractivity contribution in [2.24, 2.45) is 23.2 Å². The topological polar surface area (TPSA) is 20.2 Å². The largest absolute Gasteiger partial charge is 0.393 e. The van der Waals surface area contributed by atoms with Gasteiger partial charge in [-0.1, -0.05) is 26.0 Å². The van der Waals surface area contributed by atoms with Crippen LogP contribution in [0.3, 0.4) is 0 Å². The summed E-state index contributed by atoms with van der Waals surface area (Å²) in [6, 6.07) is 0. The van der Waals surface area contributed by atoms with Gasteiger partial charge in [-0.05, 0) is 37.0 Å². The van der Waals surface area contributed by atoms with Crippen molar-refractivity contribution in [3.63, 3.8) is 0 Å². The number of rotatable bonds is 1. The van der Waals surface area contributed by atoms with Crippen molar-refractivity contribution in [1.82, 2.24) is 0 Å². The van der Waals surface area contributed by atoms with Crippen LogP contribution < -0.4 is 0 Å². The van der Waals surface area contributed by atoms with Crippen molar-refractivity contribution in [2.45, 2.75) is 39.7 Å². The summed E-state index contributed by atoms with van der Waals surface area (Å²) in [5, 5.41) is 9.60. The molecule has 74 valence electrons. The summed E-state index contributed by atoms with van der Waals surface area (Å²) in [4.78, 5) is 0. The van der Waals surface area contributed by atoms with Crippen LogP contribution in [0, 0.1) is 23.2 Å². The zero-order valence-electron chi connectivity index (χ0n) is 8.88. The van der Waals surface area contributed by atoms with Crippen LogP contribution in [0.15, 0.2) is 12.2 Å². The molecule has 13 heavy (non-hydrogen) atoms. The molecule has 2 bridgehead atoms. The Morgan fingerprint density at radius 1 is 1.46 bits per heavy atom. The normalized spacial score (nSPS) is 44.0. The quantitative estimate of drug-likeness (QED) is 0.615. The number of fused-ring (bicyclic) bond motifs is 2. The first-order valence-electron chi connectivity index (χ1n) is 5.31. The molecule has 4 atom stereocenters. The highest BCUT2D eigenvalue weighted by Crippen LogP contribution is 2.62. The van der Waals surface area contributed by atoms with E-state index in [4.69, 9.17) is 0 Å². The summed E-state index contributed by atoms with van der Waals surface area (Å²) in [7, 11) is 0. The van der Waals surface area contributed by atoms with E-state index in [1.54, 1.807) is 0 Å². The van der Waals surface area contributed by atoms with E-state index in [0.29, 0.717) is 17.3 Å². The highest BCUT2D eigenvalue weighted by atomic mass is 16.3. The van der Waals surface area contributed by atoms with Crippen molar-refractivity contribution in [3.8, 4) is 0 Å². The molecule has 0 amide bonds. The molecular weight excluding hydrogens is 160 g/mol. The minimum atomic E-state index is -0.200. The molecule has 1 nitrogen and oxygen atoms in total. The first kappa shape index (κ1) is 9.26. The van der Waals surface area contributed by atoms with Gasteiger partial charge in [-0.15, -0.1) is 0 Å². The Bertz CT molecular complexity index is 236. The average molecular weight is 180 g/mol. The Labute approximate surface area is 80.8 Å². The summed E-state index contributed by atoms with van der Waals surface area (Å²) >= 11 is 0. The Morgan fingerprint density at radius 3 is 2.46 bits per heavy atom. The highest BCUT2D eigenvalue weighted by Gasteiger charge is 2.55. The standard InChI is InChI=1S/C12H20O/c1-7-10(8(2)13)5-9-6-11(7)12(9,3)4/h8-11,13H,1,5-6H2,2-4H3/t8-,9-,10-,11-/m0/s1. The lowest BCUT2D eigenvalue weighted by molar-refractivity contribution is -0.0668. The van der Waals surface area contributed by atoms with Gasteiger partial charge < -0.3 is 5.11 Å². The molecular formula is C12H20O. The summed E-state index contributed by atoms with van der Waals surface area (Å²) in [6.45, 7) is 10.8. The number of hydrogen-bond donors (Lipinski definition) is 1. The minimum absolute atomic E-state index is 0.200. The van der Waals surface area contributed by atoms with Crippen molar-refractivity contribution < 1.29 is 5.11 Å². The number of hydrogen-bond acceptors (Lipinski definition) is 1. The zero-order chi connectivity index (χ0) is 9.80. The lowest BCUT2D eigenvalue weighted by Crippen LogP contribution is -2.53. The number of aliphatic hydroxyl groups is 1. The van der Waals surface area contributed by atoms with Gasteiger partial charge >= 0.3 is 0 Å². The highest BCUT2D eigenvalue weighted by molar-refractivity contribution is 5.23. The fourth-order valence-electron chi connectivity index (χ4n) is 3.27. The smallest absolute Gasteiger partial charge is 0.0577 e. The van der Waals surface area contributed by atoms with E-state index in [1.165, 1.54) is 12.0 Å². The molecule has 3 saturated carbocycles. The van der Waals surface area contributed by atoms with E-state index < -0.39 is 0 Å². The van der Waals surface area contributed by atoms with E-state index >= 15 is 0 Å². The molecule has 1 heteroatoms. The molecule has 0 saturated heterocycles. The summed E-state index contributed by atoms with van der Waals surface area (Å²) in [5.41, 5.74) is 1.77. The van der Waals surface area contributed by atoms with Crippen molar-refractivity contribution in [2.75, 3.05) is 0 Å². The maximum Gasteiger partial charge on any atom is 0.0577 e. The van der Waals surface area contributed by atoms with E-state index in [-0.39, 0.29) is 6.10 Å². The molecule has 3 rings (SSSR count). The predicted octanol–water partition coefficient (Wildman–Crippen LogP) is 2.61. The van der Waals surface area contributed by atoms with E-state index in [9.17, 15) is 5.11 Å². The molecule has 3 aliphatic carbocycles. The van der Waals surface area contributed by atoms with E-state index in [1.807, 2.05) is 6.92 Å². The Morgan fingerprint density at radius 2 is 2.08 bits per heavy atom. The van der Waals surface area contributed by atoms with Crippen LogP contribution in [-0.4, -0.2) is 11.2 Å². The van der Waals surface area contributed by atoms with E-state index in [2.05, 4.69) is 20.4 Å². The van der Waals surface area contributed by atoms with Crippen LogP contribution in [0.4, 0.5) is 0 Å². The fraction of sp³-hybridized carbons (Fsp3) is 0.833. The van der Waals surface area contributed by atoms with Gasteiger partial charge in [-0.3, -0.25) is 0 Å². The van der Waals surface area contributed by atoms with Gasteiger partial charge in [-0.25, -0.2) is 0 Å². The Balaban J connectivity index is 2.17. The van der Waals surface area contributed by atoms with Crippen LogP contribution in [0.2, 0.25) is 0 Å². The third-order valence-electron chi connectivity index (χ3n) is 4.52. The second-order valence-corrected chi connectivity index (χ2v) is 5.46. The third kappa shape index (κ3) is 1.10.